The van der Waals surface area contributed by atoms with Crippen LogP contribution in [0.2, 0.25) is 0 Å². The first-order chi connectivity index (χ1) is 13.7. The number of alkyl carbamates (subject to hydrolysis) is 1. The van der Waals surface area contributed by atoms with Crippen LogP contribution in [-0.2, 0) is 4.74 Å². The Labute approximate surface area is 172 Å². The third-order valence-corrected chi connectivity index (χ3v) is 7.00. The van der Waals surface area contributed by atoms with Gasteiger partial charge < -0.3 is 15.4 Å². The molecule has 1 saturated carbocycles. The van der Waals surface area contributed by atoms with Gasteiger partial charge in [-0.1, -0.05) is 50.7 Å². The molecule has 28 heavy (non-hydrogen) atoms. The van der Waals surface area contributed by atoms with Gasteiger partial charge in [-0.05, 0) is 37.8 Å². The molecule has 1 aliphatic carbocycles. The molecule has 0 bridgehead atoms. The molecule has 1 aromatic carbocycles. The third-order valence-electron chi connectivity index (χ3n) is 5.99. The fraction of sp³-hybridized carbons (Fsp3) is 0.682. The number of carbonyl (C=O) groups is 1. The second-order valence-electron chi connectivity index (χ2n) is 8.08. The summed E-state index contributed by atoms with van der Waals surface area (Å²) in [7, 11) is 0. The smallest absolute Gasteiger partial charge is 0.407 e. The van der Waals surface area contributed by atoms with Crippen LogP contribution in [0.1, 0.15) is 64.2 Å². The SMILES string of the molecule is O=C(NC1CCC2(CCCCCCCC2)NC1)OCCSc1ccccc1F. The Morgan fingerprint density at radius 2 is 1.86 bits per heavy atom. The van der Waals surface area contributed by atoms with E-state index in [1.807, 2.05) is 0 Å². The van der Waals surface area contributed by atoms with E-state index < -0.39 is 0 Å². The van der Waals surface area contributed by atoms with Crippen LogP contribution in [0.3, 0.4) is 0 Å². The lowest BCUT2D eigenvalue weighted by molar-refractivity contribution is 0.137. The summed E-state index contributed by atoms with van der Waals surface area (Å²) in [6, 6.07) is 6.78. The van der Waals surface area contributed by atoms with Crippen LogP contribution in [0.25, 0.3) is 0 Å². The van der Waals surface area contributed by atoms with Crippen LogP contribution in [0.15, 0.2) is 29.2 Å². The molecular weight excluding hydrogens is 375 g/mol. The van der Waals surface area contributed by atoms with E-state index in [1.165, 1.54) is 69.2 Å². The van der Waals surface area contributed by atoms with Gasteiger partial charge in [0.05, 0.1) is 0 Å². The molecule has 1 spiro atoms. The highest BCUT2D eigenvalue weighted by Crippen LogP contribution is 2.32. The second kappa shape index (κ2) is 11.1. The molecule has 6 heteroatoms. The van der Waals surface area contributed by atoms with Gasteiger partial charge in [-0.15, -0.1) is 11.8 Å². The summed E-state index contributed by atoms with van der Waals surface area (Å²) in [5.41, 5.74) is 0.281. The number of hydrogen-bond donors (Lipinski definition) is 2. The minimum atomic E-state index is -0.369. The normalized spacial score (nSPS) is 22.7. The molecule has 0 aromatic heterocycles. The quantitative estimate of drug-likeness (QED) is 0.515. The van der Waals surface area contributed by atoms with E-state index in [9.17, 15) is 9.18 Å². The maximum atomic E-state index is 13.6. The van der Waals surface area contributed by atoms with Crippen LogP contribution in [0.4, 0.5) is 9.18 Å². The van der Waals surface area contributed by atoms with Crippen molar-refractivity contribution in [1.82, 2.24) is 10.6 Å². The number of hydrogen-bond acceptors (Lipinski definition) is 4. The molecule has 2 N–H and O–H groups in total. The lowest BCUT2D eigenvalue weighted by atomic mass is 9.79. The number of ether oxygens (including phenoxy) is 1. The predicted molar refractivity (Wildman–Crippen MR) is 112 cm³/mol. The van der Waals surface area contributed by atoms with Crippen molar-refractivity contribution < 1.29 is 13.9 Å². The Bertz CT molecular complexity index is 608. The molecular formula is C22H33FN2O2S. The maximum absolute atomic E-state index is 13.6. The van der Waals surface area contributed by atoms with Crippen LogP contribution in [0.5, 0.6) is 0 Å². The van der Waals surface area contributed by atoms with Crippen molar-refractivity contribution in [3.63, 3.8) is 0 Å². The summed E-state index contributed by atoms with van der Waals surface area (Å²) < 4.78 is 18.8. The van der Waals surface area contributed by atoms with E-state index >= 15 is 0 Å². The molecule has 3 rings (SSSR count). The lowest BCUT2D eigenvalue weighted by Gasteiger charge is -2.42. The van der Waals surface area contributed by atoms with E-state index in [1.54, 1.807) is 18.2 Å². The summed E-state index contributed by atoms with van der Waals surface area (Å²) in [4.78, 5) is 12.6. The highest BCUT2D eigenvalue weighted by molar-refractivity contribution is 7.99. The predicted octanol–water partition coefficient (Wildman–Crippen LogP) is 5.27. The topological polar surface area (TPSA) is 50.4 Å². The minimum Gasteiger partial charge on any atom is -0.449 e. The van der Waals surface area contributed by atoms with E-state index in [2.05, 4.69) is 10.6 Å². The van der Waals surface area contributed by atoms with E-state index in [-0.39, 0.29) is 30.1 Å². The number of nitrogens with one attached hydrogen (secondary N) is 2. The van der Waals surface area contributed by atoms with Gasteiger partial charge in [0, 0.05) is 28.8 Å². The highest BCUT2D eigenvalue weighted by Gasteiger charge is 2.34. The molecule has 1 heterocycles. The van der Waals surface area contributed by atoms with Crippen LogP contribution in [-0.4, -0.2) is 36.6 Å². The third kappa shape index (κ3) is 6.66. The monoisotopic (exact) mass is 408 g/mol. The molecule has 1 aromatic rings. The van der Waals surface area contributed by atoms with Gasteiger partial charge in [-0.3, -0.25) is 0 Å². The van der Waals surface area contributed by atoms with Gasteiger partial charge in [0.15, 0.2) is 0 Å². The number of piperidine rings is 1. The van der Waals surface area contributed by atoms with Gasteiger partial charge in [-0.25, -0.2) is 9.18 Å². The van der Waals surface area contributed by atoms with Gasteiger partial charge >= 0.3 is 6.09 Å². The molecule has 1 unspecified atom stereocenters. The zero-order valence-corrected chi connectivity index (χ0v) is 17.5. The van der Waals surface area contributed by atoms with Gasteiger partial charge in [0.1, 0.15) is 12.4 Å². The molecule has 1 amide bonds. The standard InChI is InChI=1S/C22H33FN2O2S/c23-19-9-5-6-10-20(19)28-16-15-27-21(26)25-18-11-14-22(24-17-18)12-7-3-1-2-4-8-13-22/h5-6,9-10,18,24H,1-4,7-8,11-17H2,(H,25,26). The first kappa shape index (κ1) is 21.4. The Kier molecular flexibility index (Phi) is 8.46. The summed E-state index contributed by atoms with van der Waals surface area (Å²) in [6.07, 6.45) is 12.4. The van der Waals surface area contributed by atoms with Crippen molar-refractivity contribution in [2.75, 3.05) is 18.9 Å². The maximum Gasteiger partial charge on any atom is 0.407 e. The Hall–Kier alpha value is -1.27. The lowest BCUT2D eigenvalue weighted by Crippen LogP contribution is -2.56. The average molecular weight is 409 g/mol. The highest BCUT2D eigenvalue weighted by atomic mass is 32.2. The number of halogens is 1. The van der Waals surface area contributed by atoms with Crippen molar-refractivity contribution in [2.24, 2.45) is 0 Å². The minimum absolute atomic E-state index is 0.130. The van der Waals surface area contributed by atoms with Gasteiger partial charge in [-0.2, -0.15) is 0 Å². The number of carbonyl (C=O) groups excluding carboxylic acids is 1. The number of amides is 1. The van der Waals surface area contributed by atoms with Crippen LogP contribution < -0.4 is 10.6 Å². The Morgan fingerprint density at radius 3 is 2.54 bits per heavy atom. The van der Waals surface area contributed by atoms with E-state index in [0.29, 0.717) is 10.6 Å². The summed E-state index contributed by atoms with van der Waals surface area (Å²) in [5.74, 6) is 0.310. The zero-order valence-electron chi connectivity index (χ0n) is 16.7. The molecule has 2 fully saturated rings. The molecule has 4 nitrogen and oxygen atoms in total. The molecule has 1 aliphatic heterocycles. The second-order valence-corrected chi connectivity index (χ2v) is 9.21. The van der Waals surface area contributed by atoms with E-state index in [0.717, 1.165) is 19.4 Å². The molecule has 2 aliphatic rings. The number of rotatable bonds is 5. The molecule has 1 atom stereocenters. The van der Waals surface area contributed by atoms with Gasteiger partial charge in [0.2, 0.25) is 0 Å². The summed E-state index contributed by atoms with van der Waals surface area (Å²) in [5, 5.41) is 6.75. The van der Waals surface area contributed by atoms with Crippen molar-refractivity contribution in [3.8, 4) is 0 Å². The first-order valence-corrected chi connectivity index (χ1v) is 11.7. The molecule has 0 radical (unpaired) electrons. The fourth-order valence-corrected chi connectivity index (χ4v) is 5.11. The average Bonchev–Trinajstić information content (AvgIpc) is 2.81. The van der Waals surface area contributed by atoms with E-state index in [4.69, 9.17) is 4.74 Å². The Balaban J connectivity index is 1.33. The van der Waals surface area contributed by atoms with Crippen molar-refractivity contribution in [1.29, 1.82) is 0 Å². The number of benzene rings is 1. The van der Waals surface area contributed by atoms with Gasteiger partial charge in [0.25, 0.3) is 0 Å². The van der Waals surface area contributed by atoms with Crippen molar-refractivity contribution in [3.05, 3.63) is 30.1 Å². The Morgan fingerprint density at radius 1 is 1.14 bits per heavy atom. The van der Waals surface area contributed by atoms with Crippen LogP contribution in [0, 0.1) is 5.82 Å². The number of thioether (sulfide) groups is 1. The summed E-state index contributed by atoms with van der Waals surface area (Å²) >= 11 is 1.36. The largest absolute Gasteiger partial charge is 0.449 e. The van der Waals surface area contributed by atoms with Crippen molar-refractivity contribution in [2.45, 2.75) is 80.7 Å². The fourth-order valence-electron chi connectivity index (χ4n) is 4.35. The zero-order chi connectivity index (χ0) is 19.7. The first-order valence-electron chi connectivity index (χ1n) is 10.7. The van der Waals surface area contributed by atoms with Crippen molar-refractivity contribution >= 4 is 17.9 Å². The molecule has 156 valence electrons. The molecule has 1 saturated heterocycles. The summed E-state index contributed by atoms with van der Waals surface area (Å²) in [6.45, 7) is 1.09. The van der Waals surface area contributed by atoms with Crippen LogP contribution >= 0.6 is 11.8 Å².